The fraction of sp³-hybridized carbons (Fsp3) is 0.0392. The van der Waals surface area contributed by atoms with Gasteiger partial charge in [0.25, 0.3) is 0 Å². The van der Waals surface area contributed by atoms with Crippen LogP contribution in [0.25, 0.3) is 49.7 Å². The molecule has 0 fully saturated rings. The molecule has 0 N–H and O–H groups in total. The summed E-state index contributed by atoms with van der Waals surface area (Å²) in [6, 6.07) is 69.6. The molecule has 1 aromatic heterocycles. The first-order valence-electron chi connectivity index (χ1n) is 18.3. The van der Waals surface area contributed by atoms with Gasteiger partial charge < -0.3 is 4.57 Å². The van der Waals surface area contributed by atoms with Crippen LogP contribution in [0.2, 0.25) is 0 Å². The zero-order valence-electron chi connectivity index (χ0n) is 28.7. The van der Waals surface area contributed by atoms with Crippen LogP contribution in [0, 0.1) is 11.3 Å². The second-order valence-corrected chi connectivity index (χ2v) is 14.6. The summed E-state index contributed by atoms with van der Waals surface area (Å²) in [5, 5.41) is 12.1. The average molecular weight is 671 g/mol. The normalized spacial score (nSPS) is 14.7. The summed E-state index contributed by atoms with van der Waals surface area (Å²) in [6.07, 6.45) is 0. The molecule has 2 heteroatoms. The molecular formula is C51H30N2. The lowest BCUT2D eigenvalue weighted by atomic mass is 9.52. The van der Waals surface area contributed by atoms with E-state index in [0.29, 0.717) is 5.56 Å². The smallest absolute Gasteiger partial charge is 0.0991 e. The van der Waals surface area contributed by atoms with Gasteiger partial charge in [-0.05, 0) is 91.5 Å². The fourth-order valence-corrected chi connectivity index (χ4v) is 10.7. The number of hydrogen-bond donors (Lipinski definition) is 0. The topological polar surface area (TPSA) is 28.7 Å². The van der Waals surface area contributed by atoms with Crippen molar-refractivity contribution in [3.05, 3.63) is 232 Å². The minimum atomic E-state index is -0.559. The molecular weight excluding hydrogens is 641 g/mol. The number of nitrogens with zero attached hydrogens (tertiary/aromatic N) is 2. The van der Waals surface area contributed by atoms with E-state index in [4.69, 9.17) is 0 Å². The van der Waals surface area contributed by atoms with Gasteiger partial charge in [0.1, 0.15) is 0 Å². The Bertz CT molecular complexity index is 2980. The van der Waals surface area contributed by atoms with Crippen molar-refractivity contribution in [2.24, 2.45) is 0 Å². The van der Waals surface area contributed by atoms with Crippen LogP contribution in [0.5, 0.6) is 0 Å². The molecule has 0 radical (unpaired) electrons. The SMILES string of the molecule is N#Cc1ccc(-n2c3ccccc3c3ccc4c(c32)-c2ccccc2C42c3ccccc3C3(c4ccccc4-c4ccccc43)c3ccccc32)cc1. The van der Waals surface area contributed by atoms with Crippen LogP contribution >= 0.6 is 0 Å². The van der Waals surface area contributed by atoms with Crippen LogP contribution in [0.3, 0.4) is 0 Å². The van der Waals surface area contributed by atoms with Crippen LogP contribution in [-0.2, 0) is 10.8 Å². The number of benzene rings is 8. The highest BCUT2D eigenvalue weighted by molar-refractivity contribution is 6.16. The van der Waals surface area contributed by atoms with Crippen LogP contribution in [0.1, 0.15) is 50.1 Å². The van der Waals surface area contributed by atoms with Gasteiger partial charge in [-0.3, -0.25) is 0 Å². The summed E-state index contributed by atoms with van der Waals surface area (Å²) < 4.78 is 2.42. The highest BCUT2D eigenvalue weighted by Gasteiger charge is 2.59. The van der Waals surface area contributed by atoms with Gasteiger partial charge in [0.15, 0.2) is 0 Å². The van der Waals surface area contributed by atoms with Gasteiger partial charge in [0.05, 0.1) is 33.5 Å². The summed E-state index contributed by atoms with van der Waals surface area (Å²) in [7, 11) is 0. The zero-order chi connectivity index (χ0) is 34.9. The number of para-hydroxylation sites is 1. The summed E-state index contributed by atoms with van der Waals surface area (Å²) in [6.45, 7) is 0. The van der Waals surface area contributed by atoms with E-state index in [1.165, 1.54) is 83.1 Å². The average Bonchev–Trinajstić information content (AvgIpc) is 3.83. The fourth-order valence-electron chi connectivity index (χ4n) is 10.7. The van der Waals surface area contributed by atoms with Crippen molar-refractivity contribution in [1.82, 2.24) is 4.57 Å². The number of nitriles is 1. The van der Waals surface area contributed by atoms with Crippen molar-refractivity contribution < 1.29 is 0 Å². The number of rotatable bonds is 1. The van der Waals surface area contributed by atoms with Crippen molar-refractivity contribution in [3.8, 4) is 34.0 Å². The van der Waals surface area contributed by atoms with E-state index in [2.05, 4.69) is 180 Å². The van der Waals surface area contributed by atoms with E-state index >= 15 is 0 Å². The maximum atomic E-state index is 9.67. The predicted molar refractivity (Wildman–Crippen MR) is 214 cm³/mol. The van der Waals surface area contributed by atoms with E-state index in [0.717, 1.165) is 11.2 Å². The van der Waals surface area contributed by atoms with E-state index in [9.17, 15) is 5.26 Å². The summed E-state index contributed by atoms with van der Waals surface area (Å²) in [5.74, 6) is 0. The maximum Gasteiger partial charge on any atom is 0.0991 e. The molecule has 9 aromatic rings. The Kier molecular flexibility index (Phi) is 5.47. The lowest BCUT2D eigenvalue weighted by molar-refractivity contribution is 0.633. The lowest BCUT2D eigenvalue weighted by Gasteiger charge is -2.48. The standard InChI is InChI=1S/C51H30N2/c52-31-32-25-27-33(28-26-32)53-47-24-12-4-15-36(47)37-29-30-46-48(49(37)53)38-16-3-7-19-41(38)51(46)44-22-10-8-20-42(44)50(43-21-9-11-23-45(43)51)39-17-5-1-13-34(39)35-14-2-6-18-40(35)50/h1-30H. The second kappa shape index (κ2) is 10.1. The summed E-state index contributed by atoms with van der Waals surface area (Å²) >= 11 is 0. The van der Waals surface area contributed by atoms with E-state index in [-0.39, 0.29) is 0 Å². The van der Waals surface area contributed by atoms with Gasteiger partial charge in [0.2, 0.25) is 0 Å². The Morgan fingerprint density at radius 3 is 1.40 bits per heavy atom. The molecule has 3 aliphatic carbocycles. The third-order valence-electron chi connectivity index (χ3n) is 12.5. The molecule has 8 aromatic carbocycles. The molecule has 2 spiro atoms. The Morgan fingerprint density at radius 1 is 0.377 bits per heavy atom. The van der Waals surface area contributed by atoms with Crippen molar-refractivity contribution in [3.63, 3.8) is 0 Å². The molecule has 0 unspecified atom stereocenters. The van der Waals surface area contributed by atoms with Crippen molar-refractivity contribution in [1.29, 1.82) is 5.26 Å². The Balaban J connectivity index is 1.28. The first-order chi connectivity index (χ1) is 26.3. The van der Waals surface area contributed by atoms with Crippen molar-refractivity contribution in [2.75, 3.05) is 0 Å². The predicted octanol–water partition coefficient (Wildman–Crippen LogP) is 11.7. The molecule has 0 atom stereocenters. The quantitative estimate of drug-likeness (QED) is 0.171. The molecule has 1 heterocycles. The van der Waals surface area contributed by atoms with Crippen molar-refractivity contribution in [2.45, 2.75) is 10.8 Å². The number of fused-ring (bicyclic) bond motifs is 20. The van der Waals surface area contributed by atoms with Crippen LogP contribution < -0.4 is 0 Å². The van der Waals surface area contributed by atoms with E-state index in [1.54, 1.807) is 0 Å². The Hall–Kier alpha value is -6.95. The lowest BCUT2D eigenvalue weighted by Crippen LogP contribution is -2.43. The van der Waals surface area contributed by atoms with E-state index in [1.807, 2.05) is 12.1 Å². The van der Waals surface area contributed by atoms with Crippen LogP contribution in [-0.4, -0.2) is 4.57 Å². The highest BCUT2D eigenvalue weighted by Crippen LogP contribution is 2.68. The monoisotopic (exact) mass is 670 g/mol. The molecule has 2 nitrogen and oxygen atoms in total. The highest BCUT2D eigenvalue weighted by atomic mass is 15.0. The Labute approximate surface area is 307 Å². The third kappa shape index (κ3) is 3.26. The van der Waals surface area contributed by atoms with E-state index < -0.39 is 10.8 Å². The molecule has 0 bridgehead atoms. The van der Waals surface area contributed by atoms with Gasteiger partial charge in [-0.15, -0.1) is 0 Å². The summed E-state index contributed by atoms with van der Waals surface area (Å²) in [4.78, 5) is 0. The minimum absolute atomic E-state index is 0.467. The van der Waals surface area contributed by atoms with Crippen LogP contribution in [0.15, 0.2) is 182 Å². The summed E-state index contributed by atoms with van der Waals surface area (Å²) in [5.41, 5.74) is 18.8. The molecule has 0 saturated carbocycles. The maximum absolute atomic E-state index is 9.67. The molecule has 53 heavy (non-hydrogen) atoms. The third-order valence-corrected chi connectivity index (χ3v) is 12.5. The molecule has 0 saturated heterocycles. The molecule has 0 aliphatic heterocycles. The first-order valence-corrected chi connectivity index (χ1v) is 18.3. The zero-order valence-corrected chi connectivity index (χ0v) is 28.7. The largest absolute Gasteiger partial charge is 0.309 e. The van der Waals surface area contributed by atoms with Gasteiger partial charge in [-0.2, -0.15) is 5.26 Å². The number of aromatic nitrogens is 1. The van der Waals surface area contributed by atoms with Gasteiger partial charge in [-0.1, -0.05) is 152 Å². The molecule has 12 rings (SSSR count). The van der Waals surface area contributed by atoms with Crippen LogP contribution in [0.4, 0.5) is 0 Å². The number of hydrogen-bond acceptors (Lipinski definition) is 1. The van der Waals surface area contributed by atoms with Gasteiger partial charge in [0, 0.05) is 22.0 Å². The van der Waals surface area contributed by atoms with Crippen molar-refractivity contribution >= 4 is 21.8 Å². The first kappa shape index (κ1) is 28.7. The second-order valence-electron chi connectivity index (χ2n) is 14.6. The van der Waals surface area contributed by atoms with Gasteiger partial charge in [-0.25, -0.2) is 0 Å². The molecule has 244 valence electrons. The minimum Gasteiger partial charge on any atom is -0.309 e. The molecule has 3 aliphatic rings. The Morgan fingerprint density at radius 2 is 0.830 bits per heavy atom. The van der Waals surface area contributed by atoms with Gasteiger partial charge >= 0.3 is 0 Å². The molecule has 0 amide bonds.